The Balaban J connectivity index is 1.78. The van der Waals surface area contributed by atoms with Gasteiger partial charge in [0.25, 0.3) is 0 Å². The van der Waals surface area contributed by atoms with E-state index in [1.807, 2.05) is 24.3 Å². The molecule has 3 nitrogen and oxygen atoms in total. The molecule has 0 amide bonds. The highest BCUT2D eigenvalue weighted by Crippen LogP contribution is 2.30. The zero-order valence-corrected chi connectivity index (χ0v) is 11.9. The maximum Gasteiger partial charge on any atom is 0.192 e. The summed E-state index contributed by atoms with van der Waals surface area (Å²) in [7, 11) is 0. The van der Waals surface area contributed by atoms with Gasteiger partial charge < -0.3 is 5.32 Å². The third kappa shape index (κ3) is 3.69. The summed E-state index contributed by atoms with van der Waals surface area (Å²) in [5.74, 6) is 0. The van der Waals surface area contributed by atoms with Gasteiger partial charge in [0.15, 0.2) is 5.16 Å². The van der Waals surface area contributed by atoms with Gasteiger partial charge >= 0.3 is 0 Å². The largest absolute Gasteiger partial charge is 0.310 e. The molecule has 1 fully saturated rings. The van der Waals surface area contributed by atoms with Crippen molar-refractivity contribution in [2.45, 2.75) is 35.5 Å². The monoisotopic (exact) mass is 291 g/mol. The van der Waals surface area contributed by atoms with Crippen LogP contribution in [0.3, 0.4) is 0 Å². The minimum Gasteiger partial charge on any atom is -0.310 e. The number of nitrogens with one attached hydrogen (secondary N) is 1. The first-order valence-corrected chi connectivity index (χ1v) is 7.47. The number of halogens is 1. The summed E-state index contributed by atoms with van der Waals surface area (Å²) in [6, 6.07) is 8.47. The second kappa shape index (κ2) is 5.90. The van der Waals surface area contributed by atoms with Crippen molar-refractivity contribution in [2.75, 3.05) is 0 Å². The summed E-state index contributed by atoms with van der Waals surface area (Å²) < 4.78 is 0. The van der Waals surface area contributed by atoms with Gasteiger partial charge in [-0.15, -0.1) is 0 Å². The molecule has 1 saturated carbocycles. The molecule has 0 aliphatic heterocycles. The van der Waals surface area contributed by atoms with E-state index >= 15 is 0 Å². The minimum atomic E-state index is 0.685. The average Bonchev–Trinajstić information content (AvgIpc) is 3.24. The third-order valence-electron chi connectivity index (χ3n) is 2.92. The van der Waals surface area contributed by atoms with Gasteiger partial charge in [0.2, 0.25) is 0 Å². The van der Waals surface area contributed by atoms with Crippen molar-refractivity contribution >= 4 is 23.4 Å². The second-order valence-corrected chi connectivity index (χ2v) is 5.99. The molecule has 1 aliphatic rings. The summed E-state index contributed by atoms with van der Waals surface area (Å²) in [6.45, 7) is 0.848. The van der Waals surface area contributed by atoms with E-state index in [4.69, 9.17) is 11.6 Å². The Labute approximate surface area is 121 Å². The molecule has 1 N–H and O–H groups in total. The van der Waals surface area contributed by atoms with E-state index in [1.165, 1.54) is 18.4 Å². The highest BCUT2D eigenvalue weighted by Gasteiger charge is 2.20. The van der Waals surface area contributed by atoms with E-state index in [-0.39, 0.29) is 0 Å². The molecule has 19 heavy (non-hydrogen) atoms. The molecule has 1 aliphatic carbocycles. The van der Waals surface area contributed by atoms with Crippen molar-refractivity contribution in [1.82, 2.24) is 15.3 Å². The van der Waals surface area contributed by atoms with Gasteiger partial charge in [-0.05, 0) is 54.4 Å². The highest BCUT2D eigenvalue weighted by molar-refractivity contribution is 7.99. The molecule has 0 spiro atoms. The maximum absolute atomic E-state index is 6.08. The zero-order valence-electron chi connectivity index (χ0n) is 10.3. The Bertz CT molecular complexity index is 558. The molecule has 5 heteroatoms. The van der Waals surface area contributed by atoms with Crippen molar-refractivity contribution in [3.05, 3.63) is 47.2 Å². The lowest BCUT2D eigenvalue weighted by atomic mass is 10.2. The lowest BCUT2D eigenvalue weighted by Gasteiger charge is -2.09. The lowest BCUT2D eigenvalue weighted by Crippen LogP contribution is -2.15. The van der Waals surface area contributed by atoms with Crippen molar-refractivity contribution in [3.8, 4) is 0 Å². The van der Waals surface area contributed by atoms with E-state index in [2.05, 4.69) is 15.3 Å². The molecule has 98 valence electrons. The number of benzene rings is 1. The average molecular weight is 292 g/mol. The van der Waals surface area contributed by atoms with Gasteiger partial charge in [-0.25, -0.2) is 9.97 Å². The van der Waals surface area contributed by atoms with E-state index in [0.717, 1.165) is 21.6 Å². The number of hydrogen-bond acceptors (Lipinski definition) is 4. The van der Waals surface area contributed by atoms with Crippen LogP contribution < -0.4 is 5.32 Å². The Morgan fingerprint density at radius 1 is 1.26 bits per heavy atom. The molecule has 1 heterocycles. The molecule has 0 saturated heterocycles. The van der Waals surface area contributed by atoms with Gasteiger partial charge in [0, 0.05) is 34.9 Å². The van der Waals surface area contributed by atoms with E-state index in [9.17, 15) is 0 Å². The van der Waals surface area contributed by atoms with Crippen LogP contribution >= 0.6 is 23.4 Å². The Morgan fingerprint density at radius 2 is 2.05 bits per heavy atom. The van der Waals surface area contributed by atoms with Gasteiger partial charge in [0.05, 0.1) is 0 Å². The first-order valence-electron chi connectivity index (χ1n) is 6.28. The minimum absolute atomic E-state index is 0.685. The summed E-state index contributed by atoms with van der Waals surface area (Å²) in [5.41, 5.74) is 1.21. The number of rotatable bonds is 5. The molecular formula is C14H14ClN3S. The first kappa shape index (κ1) is 12.9. The molecule has 2 aromatic rings. The van der Waals surface area contributed by atoms with Gasteiger partial charge in [-0.2, -0.15) is 0 Å². The Morgan fingerprint density at radius 3 is 2.79 bits per heavy atom. The topological polar surface area (TPSA) is 37.8 Å². The predicted octanol–water partition coefficient (Wildman–Crippen LogP) is 3.53. The fourth-order valence-electron chi connectivity index (χ4n) is 1.76. The van der Waals surface area contributed by atoms with Crippen LogP contribution in [0.2, 0.25) is 5.02 Å². The van der Waals surface area contributed by atoms with Crippen LogP contribution in [0.1, 0.15) is 18.4 Å². The molecule has 0 unspecified atom stereocenters. The van der Waals surface area contributed by atoms with E-state index in [0.29, 0.717) is 6.04 Å². The second-order valence-electron chi connectivity index (χ2n) is 4.54. The Hall–Kier alpha value is -1.10. The van der Waals surface area contributed by atoms with Crippen molar-refractivity contribution in [2.24, 2.45) is 0 Å². The summed E-state index contributed by atoms with van der Waals surface area (Å²) in [6.07, 6.45) is 6.08. The fraction of sp³-hybridized carbons (Fsp3) is 0.286. The maximum atomic E-state index is 6.08. The van der Waals surface area contributed by atoms with E-state index in [1.54, 1.807) is 24.2 Å². The molecule has 0 radical (unpaired) electrons. The van der Waals surface area contributed by atoms with Crippen LogP contribution in [0.4, 0.5) is 0 Å². The van der Waals surface area contributed by atoms with Gasteiger partial charge in [0.1, 0.15) is 0 Å². The third-order valence-corrected chi connectivity index (χ3v) is 4.17. The lowest BCUT2D eigenvalue weighted by molar-refractivity contribution is 0.680. The summed E-state index contributed by atoms with van der Waals surface area (Å²) in [5, 5.41) is 5.04. The molecular weight excluding hydrogens is 278 g/mol. The first-order chi connectivity index (χ1) is 9.31. The number of aromatic nitrogens is 2. The Kier molecular flexibility index (Phi) is 4.01. The van der Waals surface area contributed by atoms with Crippen LogP contribution in [0, 0.1) is 0 Å². The number of nitrogens with zero attached hydrogens (tertiary/aromatic N) is 2. The number of hydrogen-bond donors (Lipinski definition) is 1. The molecule has 0 bridgehead atoms. The standard InChI is InChI=1S/C14H14ClN3S/c15-11-2-5-13(19-14-16-6-1-7-17-14)10(8-11)9-18-12-3-4-12/h1-2,5-8,12,18H,3-4,9H2. The zero-order chi connectivity index (χ0) is 13.1. The summed E-state index contributed by atoms with van der Waals surface area (Å²) in [4.78, 5) is 9.64. The van der Waals surface area contributed by atoms with Crippen LogP contribution in [0.15, 0.2) is 46.7 Å². The predicted molar refractivity (Wildman–Crippen MR) is 77.5 cm³/mol. The van der Waals surface area contributed by atoms with Crippen LogP contribution in [0.25, 0.3) is 0 Å². The van der Waals surface area contributed by atoms with Crippen LogP contribution in [0.5, 0.6) is 0 Å². The summed E-state index contributed by atoms with van der Waals surface area (Å²) >= 11 is 7.66. The van der Waals surface area contributed by atoms with Gasteiger partial charge in [-0.1, -0.05) is 11.6 Å². The van der Waals surface area contributed by atoms with Crippen molar-refractivity contribution in [1.29, 1.82) is 0 Å². The molecule has 1 aromatic carbocycles. The smallest absolute Gasteiger partial charge is 0.192 e. The quantitative estimate of drug-likeness (QED) is 0.855. The molecule has 1 aromatic heterocycles. The van der Waals surface area contributed by atoms with E-state index < -0.39 is 0 Å². The highest BCUT2D eigenvalue weighted by atomic mass is 35.5. The van der Waals surface area contributed by atoms with Crippen molar-refractivity contribution in [3.63, 3.8) is 0 Å². The molecule has 0 atom stereocenters. The van der Waals surface area contributed by atoms with Crippen LogP contribution in [-0.2, 0) is 6.54 Å². The van der Waals surface area contributed by atoms with Crippen molar-refractivity contribution < 1.29 is 0 Å². The fourth-order valence-corrected chi connectivity index (χ4v) is 2.78. The van der Waals surface area contributed by atoms with Crippen LogP contribution in [-0.4, -0.2) is 16.0 Å². The normalized spacial score (nSPS) is 14.6. The molecule has 3 rings (SSSR count). The SMILES string of the molecule is Clc1ccc(Sc2ncccn2)c(CNC2CC2)c1. The van der Waals surface area contributed by atoms with Gasteiger partial charge in [-0.3, -0.25) is 0 Å².